The lowest BCUT2D eigenvalue weighted by Crippen LogP contribution is -1.88. The van der Waals surface area contributed by atoms with Crippen LogP contribution in [0.25, 0.3) is 6.08 Å². The van der Waals surface area contributed by atoms with Gasteiger partial charge in [-0.2, -0.15) is 8.42 Å². The summed E-state index contributed by atoms with van der Waals surface area (Å²) in [5.74, 6) is 0. The average molecular weight is 252 g/mol. The number of rotatable bonds is 3. The van der Waals surface area contributed by atoms with Crippen LogP contribution in [0.15, 0.2) is 60.5 Å². The maximum absolute atomic E-state index is 9.96. The van der Waals surface area contributed by atoms with Gasteiger partial charge in [0.25, 0.3) is 10.1 Å². The Hall–Kier alpha value is -1.65. The van der Waals surface area contributed by atoms with E-state index in [-0.39, 0.29) is 0 Å². The molecule has 0 aromatic heterocycles. The Morgan fingerprint density at radius 1 is 1.29 bits per heavy atom. The van der Waals surface area contributed by atoms with Crippen molar-refractivity contribution >= 4 is 16.2 Å². The van der Waals surface area contributed by atoms with Crippen LogP contribution in [0.1, 0.15) is 12.5 Å². The van der Waals surface area contributed by atoms with Gasteiger partial charge < -0.3 is 0 Å². The SMILES string of the molecule is C=C(C)C=CS(=O)(=O)O.C=Cc1ccccc1. The van der Waals surface area contributed by atoms with Gasteiger partial charge in [0, 0.05) is 0 Å². The second-order valence-corrected chi connectivity index (χ2v) is 4.58. The molecule has 1 aromatic rings. The first kappa shape index (κ1) is 15.4. The molecule has 1 N–H and O–H groups in total. The van der Waals surface area contributed by atoms with E-state index in [9.17, 15) is 8.42 Å². The molecule has 0 aliphatic carbocycles. The zero-order chi connectivity index (χ0) is 13.3. The third kappa shape index (κ3) is 10.6. The molecule has 0 heterocycles. The fraction of sp³-hybridized carbons (Fsp3) is 0.0769. The van der Waals surface area contributed by atoms with E-state index in [2.05, 4.69) is 13.2 Å². The maximum Gasteiger partial charge on any atom is 0.287 e. The van der Waals surface area contributed by atoms with Crippen LogP contribution in [0, 0.1) is 0 Å². The molecule has 0 spiro atoms. The fourth-order valence-corrected chi connectivity index (χ4v) is 1.20. The average Bonchev–Trinajstić information content (AvgIpc) is 2.27. The molecule has 0 aliphatic heterocycles. The Kier molecular flexibility index (Phi) is 6.86. The standard InChI is InChI=1S/C8H8.C5H8O3S/c1-2-8-6-4-3-5-7-8;1-5(2)3-4-9(6,7)8/h2-7H,1H2;3-4H,1H2,2H3,(H,6,7,8). The molecule has 4 heteroatoms. The van der Waals surface area contributed by atoms with E-state index in [1.807, 2.05) is 36.4 Å². The number of hydrogen-bond acceptors (Lipinski definition) is 2. The van der Waals surface area contributed by atoms with Crippen LogP contribution in [0.3, 0.4) is 0 Å². The topological polar surface area (TPSA) is 54.4 Å². The number of hydrogen-bond donors (Lipinski definition) is 1. The summed E-state index contributed by atoms with van der Waals surface area (Å²) in [7, 11) is -3.96. The Morgan fingerprint density at radius 3 is 2.06 bits per heavy atom. The maximum atomic E-state index is 9.96. The summed E-state index contributed by atoms with van der Waals surface area (Å²) < 4.78 is 28.0. The monoisotopic (exact) mass is 252 g/mol. The Bertz CT molecular complexity index is 485. The molecule has 0 aliphatic rings. The van der Waals surface area contributed by atoms with Gasteiger partial charge in [0.2, 0.25) is 0 Å². The molecule has 92 valence electrons. The summed E-state index contributed by atoms with van der Waals surface area (Å²) in [6.07, 6.45) is 3.05. The Balaban J connectivity index is 0.000000302. The van der Waals surface area contributed by atoms with Crippen LogP contribution in [-0.2, 0) is 10.1 Å². The molecule has 0 amide bonds. The van der Waals surface area contributed by atoms with Gasteiger partial charge in [-0.1, -0.05) is 55.1 Å². The van der Waals surface area contributed by atoms with Gasteiger partial charge in [-0.25, -0.2) is 0 Å². The summed E-state index contributed by atoms with van der Waals surface area (Å²) in [5.41, 5.74) is 1.75. The fourth-order valence-electron chi connectivity index (χ4n) is 0.791. The van der Waals surface area contributed by atoms with Gasteiger partial charge in [0.05, 0.1) is 5.41 Å². The summed E-state index contributed by atoms with van der Waals surface area (Å²) >= 11 is 0. The molecule has 0 saturated carbocycles. The minimum Gasteiger partial charge on any atom is -0.282 e. The van der Waals surface area contributed by atoms with E-state index in [0.29, 0.717) is 11.0 Å². The summed E-state index contributed by atoms with van der Waals surface area (Å²) in [5, 5.41) is 0.690. The van der Waals surface area contributed by atoms with Gasteiger partial charge in [0.15, 0.2) is 0 Å². The van der Waals surface area contributed by atoms with Crippen molar-refractivity contribution in [1.82, 2.24) is 0 Å². The van der Waals surface area contributed by atoms with Crippen LogP contribution in [0.2, 0.25) is 0 Å². The van der Waals surface area contributed by atoms with Gasteiger partial charge >= 0.3 is 0 Å². The summed E-state index contributed by atoms with van der Waals surface area (Å²) in [6.45, 7) is 8.65. The van der Waals surface area contributed by atoms with Crippen molar-refractivity contribution in [2.24, 2.45) is 0 Å². The normalized spacial score (nSPS) is 10.5. The largest absolute Gasteiger partial charge is 0.287 e. The van der Waals surface area contributed by atoms with Gasteiger partial charge in [-0.15, -0.1) is 0 Å². The van der Waals surface area contributed by atoms with Crippen molar-refractivity contribution in [1.29, 1.82) is 0 Å². The van der Waals surface area contributed by atoms with Crippen molar-refractivity contribution in [3.8, 4) is 0 Å². The van der Waals surface area contributed by atoms with Crippen LogP contribution in [-0.4, -0.2) is 13.0 Å². The van der Waals surface area contributed by atoms with Crippen molar-refractivity contribution in [2.75, 3.05) is 0 Å². The molecular weight excluding hydrogens is 236 g/mol. The first-order chi connectivity index (χ1) is 7.85. The first-order valence-corrected chi connectivity index (χ1v) is 6.34. The molecule has 0 unspecified atom stereocenters. The van der Waals surface area contributed by atoms with Crippen molar-refractivity contribution in [2.45, 2.75) is 6.92 Å². The minimum atomic E-state index is -3.96. The zero-order valence-electron chi connectivity index (χ0n) is 9.70. The van der Waals surface area contributed by atoms with Crippen LogP contribution in [0.5, 0.6) is 0 Å². The number of benzene rings is 1. The molecule has 1 aromatic carbocycles. The van der Waals surface area contributed by atoms with E-state index in [4.69, 9.17) is 4.55 Å². The second-order valence-electron chi connectivity index (χ2n) is 3.28. The third-order valence-electron chi connectivity index (χ3n) is 1.56. The first-order valence-electron chi connectivity index (χ1n) is 4.83. The Labute approximate surface area is 103 Å². The molecule has 0 saturated heterocycles. The quantitative estimate of drug-likeness (QED) is 0.663. The third-order valence-corrected chi connectivity index (χ3v) is 2.04. The van der Waals surface area contributed by atoms with Crippen molar-refractivity contribution < 1.29 is 13.0 Å². The Morgan fingerprint density at radius 2 is 1.82 bits per heavy atom. The van der Waals surface area contributed by atoms with E-state index in [0.717, 1.165) is 0 Å². The van der Waals surface area contributed by atoms with Crippen LogP contribution < -0.4 is 0 Å². The lowest BCUT2D eigenvalue weighted by atomic mass is 10.2. The highest BCUT2D eigenvalue weighted by Gasteiger charge is 1.92. The van der Waals surface area contributed by atoms with E-state index < -0.39 is 10.1 Å². The predicted octanol–water partition coefficient (Wildman–Crippen LogP) is 3.29. The van der Waals surface area contributed by atoms with E-state index in [1.165, 1.54) is 11.6 Å². The van der Waals surface area contributed by atoms with Gasteiger partial charge in [0.1, 0.15) is 0 Å². The minimum absolute atomic E-state index is 0.577. The summed E-state index contributed by atoms with van der Waals surface area (Å²) in [6, 6.07) is 10.0. The molecule has 0 radical (unpaired) electrons. The highest BCUT2D eigenvalue weighted by molar-refractivity contribution is 7.88. The molecule has 0 fully saturated rings. The molecule has 3 nitrogen and oxygen atoms in total. The lowest BCUT2D eigenvalue weighted by molar-refractivity contribution is 0.494. The van der Waals surface area contributed by atoms with Crippen LogP contribution in [0.4, 0.5) is 0 Å². The highest BCUT2D eigenvalue weighted by atomic mass is 32.2. The second kappa shape index (κ2) is 7.60. The van der Waals surface area contributed by atoms with Gasteiger partial charge in [-0.05, 0) is 18.6 Å². The molecule has 17 heavy (non-hydrogen) atoms. The smallest absolute Gasteiger partial charge is 0.282 e. The lowest BCUT2D eigenvalue weighted by Gasteiger charge is -1.85. The predicted molar refractivity (Wildman–Crippen MR) is 72.0 cm³/mol. The molecular formula is C13H16O3S. The van der Waals surface area contributed by atoms with E-state index in [1.54, 1.807) is 6.92 Å². The zero-order valence-corrected chi connectivity index (χ0v) is 10.5. The molecule has 1 rings (SSSR count). The van der Waals surface area contributed by atoms with E-state index >= 15 is 0 Å². The van der Waals surface area contributed by atoms with Crippen molar-refractivity contribution in [3.05, 3.63) is 66.1 Å². The highest BCUT2D eigenvalue weighted by Crippen LogP contribution is 1.97. The van der Waals surface area contributed by atoms with Crippen LogP contribution >= 0.6 is 0 Å². The summed E-state index contributed by atoms with van der Waals surface area (Å²) in [4.78, 5) is 0. The van der Waals surface area contributed by atoms with Gasteiger partial charge in [-0.3, -0.25) is 4.55 Å². The van der Waals surface area contributed by atoms with Crippen molar-refractivity contribution in [3.63, 3.8) is 0 Å². The molecule has 0 bridgehead atoms. The number of allylic oxidation sites excluding steroid dienone is 2. The molecule has 0 atom stereocenters.